The van der Waals surface area contributed by atoms with Crippen LogP contribution in [0.25, 0.3) is 0 Å². The zero-order valence-corrected chi connectivity index (χ0v) is 45.0. The maximum Gasteiger partial charge on any atom is 0.433 e. The smallest absolute Gasteiger partial charge is 0.342 e. The quantitative estimate of drug-likeness (QED) is 0.113. The molecule has 12 rings (SSSR count). The Morgan fingerprint density at radius 3 is 1.32 bits per heavy atom. The predicted octanol–water partition coefficient (Wildman–Crippen LogP) is 12.7. The number of pyridine rings is 1. The topological polar surface area (TPSA) is 165 Å². The van der Waals surface area contributed by atoms with E-state index >= 15 is 31.1 Å². The summed E-state index contributed by atoms with van der Waals surface area (Å²) in [6.07, 6.45) is -12.9. The number of allylic oxidation sites excluding steroid dienone is 6. The normalized spacial score (nSPS) is 27.1. The number of H-pyrrole nitrogens is 1. The Morgan fingerprint density at radius 2 is 0.889 bits per heavy atom. The number of nitrogens with zero attached hydrogens (tertiary/aromatic N) is 6. The van der Waals surface area contributed by atoms with E-state index in [0.717, 1.165) is 9.36 Å². The van der Waals surface area contributed by atoms with Crippen molar-refractivity contribution in [2.75, 3.05) is 16.0 Å². The first-order valence-electron chi connectivity index (χ1n) is 26.5. The Labute approximate surface area is 458 Å². The van der Waals surface area contributed by atoms with E-state index in [9.17, 15) is 22.8 Å². The molecule has 13 nitrogen and oxygen atoms in total. The van der Waals surface area contributed by atoms with Crippen LogP contribution in [0.2, 0.25) is 0 Å². The average molecular weight is 1120 g/mol. The summed E-state index contributed by atoms with van der Waals surface area (Å²) in [5.74, 6) is -2.12. The number of carbonyl (C=O) groups is 3. The second-order valence-electron chi connectivity index (χ2n) is 24.7. The highest BCUT2D eigenvalue weighted by Crippen LogP contribution is 2.60. The molecular formula is C59H55F9N10O3. The lowest BCUT2D eigenvalue weighted by Crippen LogP contribution is -2.45. The minimum atomic E-state index is -5.14. The Hall–Kier alpha value is -7.78. The molecule has 0 spiro atoms. The summed E-state index contributed by atoms with van der Waals surface area (Å²) in [5, 5.41) is 24.5. The van der Waals surface area contributed by atoms with Crippen LogP contribution in [0.4, 0.5) is 57.0 Å². The highest BCUT2D eigenvalue weighted by atomic mass is 19.4. The Bertz CT molecular complexity index is 3780. The van der Waals surface area contributed by atoms with Crippen LogP contribution in [-0.4, -0.2) is 52.1 Å². The predicted molar refractivity (Wildman–Crippen MR) is 279 cm³/mol. The number of rotatable bonds is 7. The van der Waals surface area contributed by atoms with Crippen LogP contribution in [0, 0.1) is 16.2 Å². The van der Waals surface area contributed by atoms with E-state index in [4.69, 9.17) is 0 Å². The third-order valence-electron chi connectivity index (χ3n) is 17.7. The summed E-state index contributed by atoms with van der Waals surface area (Å²) in [4.78, 5) is 48.4. The van der Waals surface area contributed by atoms with Gasteiger partial charge in [0.1, 0.15) is 17.1 Å². The third kappa shape index (κ3) is 8.14. The average Bonchev–Trinajstić information content (AvgIpc) is 2.02. The fourth-order valence-corrected chi connectivity index (χ4v) is 14.6. The lowest BCUT2D eigenvalue weighted by atomic mass is 9.61. The number of alkyl halides is 9. The van der Waals surface area contributed by atoms with E-state index < -0.39 is 106 Å². The summed E-state index contributed by atoms with van der Waals surface area (Å²) >= 11 is 0. The molecule has 7 heterocycles. The number of carbonyl (C=O) groups excluding carboxylic acids is 3. The first-order chi connectivity index (χ1) is 37.8. The number of ketones is 3. The molecule has 22 heteroatoms. The fraction of sp³-hybridized carbons (Fsp3) is 0.407. The summed E-state index contributed by atoms with van der Waals surface area (Å²) in [7, 11) is 0. The highest BCUT2D eigenvalue weighted by Gasteiger charge is 2.59. The van der Waals surface area contributed by atoms with Crippen molar-refractivity contribution in [3.8, 4) is 0 Å². The van der Waals surface area contributed by atoms with Gasteiger partial charge in [-0.05, 0) is 79.0 Å². The number of nitrogens with one attached hydrogen (secondary N) is 4. The summed E-state index contributed by atoms with van der Waals surface area (Å²) in [6.45, 7) is 10.6. The van der Waals surface area contributed by atoms with Gasteiger partial charge in [-0.1, -0.05) is 94.4 Å². The third-order valence-corrected chi connectivity index (χ3v) is 17.7. The monoisotopic (exact) mass is 1120 g/mol. The summed E-state index contributed by atoms with van der Waals surface area (Å²) in [6, 6.07) is 19.4. The summed E-state index contributed by atoms with van der Waals surface area (Å²) in [5.41, 5.74) is -11.0. The molecule has 6 aromatic rings. The molecule has 0 saturated heterocycles. The maximum atomic E-state index is 16.2. The van der Waals surface area contributed by atoms with Gasteiger partial charge in [0.15, 0.2) is 34.8 Å². The van der Waals surface area contributed by atoms with Gasteiger partial charge in [-0.2, -0.15) is 54.8 Å². The molecule has 81 heavy (non-hydrogen) atoms. The molecule has 0 bridgehead atoms. The fourth-order valence-electron chi connectivity index (χ4n) is 14.6. The van der Waals surface area contributed by atoms with Gasteiger partial charge in [0.05, 0.1) is 16.2 Å². The number of fused-ring (bicyclic) bond motifs is 3. The number of halogens is 9. The van der Waals surface area contributed by atoms with Gasteiger partial charge < -0.3 is 16.0 Å². The number of anilines is 3. The van der Waals surface area contributed by atoms with E-state index in [0.29, 0.717) is 28.8 Å². The van der Waals surface area contributed by atoms with Crippen molar-refractivity contribution in [1.82, 2.24) is 34.7 Å². The lowest BCUT2D eigenvalue weighted by molar-refractivity contribution is -0.147. The van der Waals surface area contributed by atoms with Crippen molar-refractivity contribution in [2.24, 2.45) is 16.2 Å². The Morgan fingerprint density at radius 1 is 0.481 bits per heavy atom. The van der Waals surface area contributed by atoms with Crippen LogP contribution in [0.15, 0.2) is 119 Å². The lowest BCUT2D eigenvalue weighted by Gasteiger charge is -2.45. The minimum absolute atomic E-state index is 0.0180. The van der Waals surface area contributed by atoms with Crippen LogP contribution in [0.1, 0.15) is 137 Å². The molecule has 3 unspecified atom stereocenters. The number of aromatic amines is 1. The van der Waals surface area contributed by atoms with E-state index in [2.05, 4.69) is 41.3 Å². The molecule has 6 aliphatic rings. The molecule has 0 radical (unpaired) electrons. The molecule has 3 aliphatic heterocycles. The first kappa shape index (κ1) is 53.8. The van der Waals surface area contributed by atoms with Crippen molar-refractivity contribution in [1.29, 1.82) is 0 Å². The zero-order valence-electron chi connectivity index (χ0n) is 45.0. The van der Waals surface area contributed by atoms with Crippen LogP contribution >= 0.6 is 0 Å². The second kappa shape index (κ2) is 17.4. The second-order valence-corrected chi connectivity index (χ2v) is 24.7. The van der Waals surface area contributed by atoms with E-state index in [1.165, 1.54) is 26.2 Å². The highest BCUT2D eigenvalue weighted by molar-refractivity contribution is 6.05. The van der Waals surface area contributed by atoms with Gasteiger partial charge in [-0.3, -0.25) is 33.8 Å². The number of aromatic nitrogens is 7. The largest absolute Gasteiger partial charge is 0.433 e. The minimum Gasteiger partial charge on any atom is -0.342 e. The molecular weight excluding hydrogens is 1070 g/mol. The van der Waals surface area contributed by atoms with E-state index in [1.54, 1.807) is 93.6 Å². The van der Waals surface area contributed by atoms with Crippen LogP contribution in [0.5, 0.6) is 0 Å². The van der Waals surface area contributed by atoms with Gasteiger partial charge in [-0.25, -0.2) is 0 Å². The number of hydrogen-bond donors (Lipinski definition) is 4. The standard InChI is InChI=1S/C59H55F9N10O3/c1-51(2)21-33-39(36(79)24-51)56(7,32-19-14-20-69-27-32)44-47(59(66,67)68)78(76-50(44)71-33)29-53(4)23-35-41(38(81)26-53)55(6,31-17-12-9-13-18-31)43-46(58(63,64)65)77(75-49(43)72-35)28-52(3)22-34-40(37(80)25-52)54(5,30-15-10-8-11-16-30)42-45(57(60,61)62)73-74-48(42)70-34/h8-20,27H,21-26,28-29H2,1-7H3,(H,71,76)(H,72,75)(H2,70,73,74)/t52?,53?,54-,55+,56?/m1/s1. The van der Waals surface area contributed by atoms with Crippen LogP contribution in [-0.2, 0) is 62.2 Å². The molecule has 422 valence electrons. The first-order valence-corrected chi connectivity index (χ1v) is 26.5. The zero-order chi connectivity index (χ0) is 58.0. The molecule has 2 aromatic carbocycles. The van der Waals surface area contributed by atoms with Crippen molar-refractivity contribution < 1.29 is 53.9 Å². The number of hydrogen-bond acceptors (Lipinski definition) is 10. The maximum absolute atomic E-state index is 16.2. The Balaban J connectivity index is 0.944. The van der Waals surface area contributed by atoms with Gasteiger partial charge in [-0.15, -0.1) is 0 Å². The molecule has 0 fully saturated rings. The van der Waals surface area contributed by atoms with Crippen molar-refractivity contribution in [2.45, 2.75) is 135 Å². The van der Waals surface area contributed by atoms with Gasteiger partial charge >= 0.3 is 18.5 Å². The summed E-state index contributed by atoms with van der Waals surface area (Å²) < 4.78 is 142. The van der Waals surface area contributed by atoms with Crippen molar-refractivity contribution in [3.05, 3.63) is 169 Å². The molecule has 4 N–H and O–H groups in total. The van der Waals surface area contributed by atoms with Gasteiger partial charge in [0.2, 0.25) is 0 Å². The number of benzene rings is 2. The van der Waals surface area contributed by atoms with E-state index in [1.807, 2.05) is 13.8 Å². The van der Waals surface area contributed by atoms with Crippen molar-refractivity contribution in [3.63, 3.8) is 0 Å². The Kier molecular flexibility index (Phi) is 11.5. The number of Topliss-reactive ketones (excluding diaryl/α,β-unsaturated/α-hetero) is 3. The van der Waals surface area contributed by atoms with Crippen LogP contribution in [0.3, 0.4) is 0 Å². The molecule has 5 atom stereocenters. The molecule has 3 aliphatic carbocycles. The van der Waals surface area contributed by atoms with Gasteiger partial charge in [0.25, 0.3) is 0 Å². The van der Waals surface area contributed by atoms with E-state index in [-0.39, 0.29) is 87.3 Å². The van der Waals surface area contributed by atoms with Crippen LogP contribution < -0.4 is 16.0 Å². The molecule has 0 amide bonds. The van der Waals surface area contributed by atoms with Crippen molar-refractivity contribution >= 4 is 34.8 Å². The van der Waals surface area contributed by atoms with Gasteiger partial charge in [0, 0.05) is 95.2 Å². The molecule has 0 saturated carbocycles. The molecule has 4 aromatic heterocycles. The SMILES string of the molecule is CC1(C)CC(=O)C2=C(C1)Nc1nn(CC3(C)CC(=O)C4=C(C3)Nc3nn(CC5(C)CC(=O)C6=C(C5)Nc5n[nH]c(C(F)(F)F)c5[C@]6(C)c5ccccc5)c(C(F)(F)F)c3[C@@]4(C)c3ccccc3)c(C(F)(F)F)c1C2(C)c1cccnc1.